The summed E-state index contributed by atoms with van der Waals surface area (Å²) in [5.41, 5.74) is 1.74. The summed E-state index contributed by atoms with van der Waals surface area (Å²) in [7, 11) is 0. The Morgan fingerprint density at radius 2 is 2.15 bits per heavy atom. The Morgan fingerprint density at radius 1 is 1.27 bits per heavy atom. The van der Waals surface area contributed by atoms with Gasteiger partial charge in [0.1, 0.15) is 5.01 Å². The summed E-state index contributed by atoms with van der Waals surface area (Å²) in [5.74, 6) is 0.0882. The summed E-state index contributed by atoms with van der Waals surface area (Å²) in [6.45, 7) is 4.01. The van der Waals surface area contributed by atoms with Gasteiger partial charge in [-0.2, -0.15) is 0 Å². The van der Waals surface area contributed by atoms with Crippen LogP contribution in [0.4, 0.5) is 9.93 Å². The molecule has 2 aromatic rings. The van der Waals surface area contributed by atoms with E-state index in [2.05, 4.69) is 15.3 Å². The second-order valence-electron chi connectivity index (χ2n) is 6.61. The first-order chi connectivity index (χ1) is 12.6. The smallest absolute Gasteiger partial charge is 0.323 e. The van der Waals surface area contributed by atoms with E-state index in [1.165, 1.54) is 11.3 Å². The average Bonchev–Trinajstić information content (AvgIpc) is 3.36. The molecule has 0 aromatic carbocycles. The highest BCUT2D eigenvalue weighted by molar-refractivity contribution is 7.14. The molecule has 0 unspecified atom stereocenters. The lowest BCUT2D eigenvalue weighted by Gasteiger charge is -2.34. The van der Waals surface area contributed by atoms with Crippen LogP contribution in [0, 0.1) is 6.92 Å². The number of nitrogens with zero attached hydrogens (tertiary/aromatic N) is 4. The van der Waals surface area contributed by atoms with Crippen molar-refractivity contribution in [2.24, 2.45) is 0 Å². The first kappa shape index (κ1) is 17.4. The van der Waals surface area contributed by atoms with Crippen LogP contribution in [0.15, 0.2) is 10.8 Å². The minimum absolute atomic E-state index is 0.0809. The molecule has 0 radical (unpaired) electrons. The monoisotopic (exact) mass is 391 g/mol. The fraction of sp³-hybridized carbons (Fsp3) is 0.529. The molecule has 4 rings (SSSR count). The number of urea groups is 1. The van der Waals surface area contributed by atoms with Crippen molar-refractivity contribution in [3.05, 3.63) is 27.2 Å². The van der Waals surface area contributed by atoms with Crippen LogP contribution in [0.25, 0.3) is 0 Å². The molecular formula is C17H21N5O2S2. The third kappa shape index (κ3) is 3.45. The largest absolute Gasteiger partial charge is 0.336 e. The maximum atomic E-state index is 12.9. The van der Waals surface area contributed by atoms with Gasteiger partial charge in [0.2, 0.25) is 5.91 Å². The zero-order valence-corrected chi connectivity index (χ0v) is 16.2. The molecule has 1 atom stereocenters. The minimum atomic E-state index is -0.118. The van der Waals surface area contributed by atoms with Crippen molar-refractivity contribution in [3.63, 3.8) is 0 Å². The predicted octanol–water partition coefficient (Wildman–Crippen LogP) is 2.73. The Morgan fingerprint density at radius 3 is 2.88 bits per heavy atom. The number of aryl methyl sites for hydroxylation is 1. The standard InChI is InChI=1S/C17H21N5O2S2/c1-11-9-25-15(19-11)13-4-2-3-6-21(13)14(23)8-12-10-26-17(20-12)22-7-5-18-16(22)24/h9-10,13H,2-8H2,1H3,(H,18,24)/t13-/m1/s1. The number of thiazole rings is 2. The third-order valence-corrected chi connectivity index (χ3v) is 6.68. The number of amides is 3. The van der Waals surface area contributed by atoms with Crippen molar-refractivity contribution >= 4 is 39.7 Å². The molecule has 0 bridgehead atoms. The number of aromatic nitrogens is 2. The summed E-state index contributed by atoms with van der Waals surface area (Å²) < 4.78 is 0. The van der Waals surface area contributed by atoms with Gasteiger partial charge in [-0.25, -0.2) is 14.8 Å². The molecule has 1 N–H and O–H groups in total. The van der Waals surface area contributed by atoms with E-state index in [0.717, 1.165) is 42.2 Å². The summed E-state index contributed by atoms with van der Waals surface area (Å²) in [4.78, 5) is 37.4. The molecule has 0 saturated carbocycles. The lowest BCUT2D eigenvalue weighted by molar-refractivity contribution is -0.134. The fourth-order valence-corrected chi connectivity index (χ4v) is 5.22. The second kappa shape index (κ2) is 7.32. The van der Waals surface area contributed by atoms with Crippen LogP contribution in [0.5, 0.6) is 0 Å². The quantitative estimate of drug-likeness (QED) is 0.869. The molecule has 2 aliphatic heterocycles. The van der Waals surface area contributed by atoms with Crippen molar-refractivity contribution < 1.29 is 9.59 Å². The Hall–Kier alpha value is -2.00. The first-order valence-electron chi connectivity index (χ1n) is 8.83. The van der Waals surface area contributed by atoms with E-state index in [9.17, 15) is 9.59 Å². The number of anilines is 1. The van der Waals surface area contributed by atoms with Crippen LogP contribution >= 0.6 is 22.7 Å². The van der Waals surface area contributed by atoms with E-state index in [1.807, 2.05) is 22.6 Å². The number of piperidine rings is 1. The molecule has 0 aliphatic carbocycles. The van der Waals surface area contributed by atoms with Gasteiger partial charge in [-0.1, -0.05) is 0 Å². The minimum Gasteiger partial charge on any atom is -0.336 e. The molecule has 138 valence electrons. The number of rotatable bonds is 4. The van der Waals surface area contributed by atoms with Gasteiger partial charge in [-0.05, 0) is 26.2 Å². The highest BCUT2D eigenvalue weighted by Crippen LogP contribution is 2.33. The summed E-state index contributed by atoms with van der Waals surface area (Å²) in [6, 6.07) is -0.0372. The van der Waals surface area contributed by atoms with E-state index in [1.54, 1.807) is 16.2 Å². The molecule has 2 fully saturated rings. The van der Waals surface area contributed by atoms with Crippen LogP contribution in [-0.2, 0) is 11.2 Å². The maximum absolute atomic E-state index is 12.9. The molecule has 0 spiro atoms. The van der Waals surface area contributed by atoms with Gasteiger partial charge >= 0.3 is 6.03 Å². The van der Waals surface area contributed by atoms with E-state index in [4.69, 9.17) is 0 Å². The number of hydrogen-bond acceptors (Lipinski definition) is 6. The van der Waals surface area contributed by atoms with E-state index >= 15 is 0 Å². The van der Waals surface area contributed by atoms with Gasteiger partial charge in [-0.15, -0.1) is 22.7 Å². The van der Waals surface area contributed by atoms with Crippen molar-refractivity contribution in [1.82, 2.24) is 20.2 Å². The lowest BCUT2D eigenvalue weighted by Crippen LogP contribution is -2.39. The van der Waals surface area contributed by atoms with Gasteiger partial charge < -0.3 is 10.2 Å². The van der Waals surface area contributed by atoms with Crippen LogP contribution in [-0.4, -0.2) is 46.4 Å². The van der Waals surface area contributed by atoms with Crippen molar-refractivity contribution in [2.75, 3.05) is 24.5 Å². The van der Waals surface area contributed by atoms with Crippen LogP contribution < -0.4 is 10.2 Å². The molecule has 26 heavy (non-hydrogen) atoms. The van der Waals surface area contributed by atoms with Crippen molar-refractivity contribution in [3.8, 4) is 0 Å². The van der Waals surface area contributed by atoms with Crippen LogP contribution in [0.1, 0.15) is 41.7 Å². The van der Waals surface area contributed by atoms with Crippen LogP contribution in [0.3, 0.4) is 0 Å². The first-order valence-corrected chi connectivity index (χ1v) is 10.6. The number of carbonyl (C=O) groups is 2. The van der Waals surface area contributed by atoms with Gasteiger partial charge in [0.05, 0.1) is 18.2 Å². The highest BCUT2D eigenvalue weighted by Gasteiger charge is 2.30. The number of likely N-dealkylation sites (tertiary alicyclic amines) is 1. The Balaban J connectivity index is 1.46. The van der Waals surface area contributed by atoms with Gasteiger partial charge in [-0.3, -0.25) is 9.69 Å². The summed E-state index contributed by atoms with van der Waals surface area (Å²) in [5, 5.41) is 8.38. The normalized spacial score (nSPS) is 20.5. The summed E-state index contributed by atoms with van der Waals surface area (Å²) >= 11 is 3.05. The molecule has 2 aliphatic rings. The molecule has 2 saturated heterocycles. The Bertz CT molecular complexity index is 818. The van der Waals surface area contributed by atoms with Gasteiger partial charge in [0.15, 0.2) is 5.13 Å². The molecule has 4 heterocycles. The molecule has 7 nitrogen and oxygen atoms in total. The number of carbonyl (C=O) groups excluding carboxylic acids is 2. The fourth-order valence-electron chi connectivity index (χ4n) is 3.42. The maximum Gasteiger partial charge on any atom is 0.323 e. The van der Waals surface area contributed by atoms with Gasteiger partial charge in [0.25, 0.3) is 0 Å². The Kier molecular flexibility index (Phi) is 4.90. The lowest BCUT2D eigenvalue weighted by atomic mass is 10.0. The molecule has 9 heteroatoms. The molecule has 2 aromatic heterocycles. The third-order valence-electron chi connectivity index (χ3n) is 4.70. The topological polar surface area (TPSA) is 78.4 Å². The number of hydrogen-bond donors (Lipinski definition) is 1. The predicted molar refractivity (Wildman–Crippen MR) is 102 cm³/mol. The van der Waals surface area contributed by atoms with E-state index in [0.29, 0.717) is 18.2 Å². The average molecular weight is 392 g/mol. The van der Waals surface area contributed by atoms with Gasteiger partial charge in [0, 0.05) is 36.1 Å². The van der Waals surface area contributed by atoms with E-state index < -0.39 is 0 Å². The van der Waals surface area contributed by atoms with E-state index in [-0.39, 0.29) is 24.4 Å². The summed E-state index contributed by atoms with van der Waals surface area (Å²) in [6.07, 6.45) is 3.39. The van der Waals surface area contributed by atoms with Crippen molar-refractivity contribution in [1.29, 1.82) is 0 Å². The number of nitrogens with one attached hydrogen (secondary N) is 1. The van der Waals surface area contributed by atoms with Crippen LogP contribution in [0.2, 0.25) is 0 Å². The molecule has 3 amide bonds. The zero-order valence-electron chi connectivity index (χ0n) is 14.6. The SMILES string of the molecule is Cc1csc([C@H]2CCCCN2C(=O)Cc2csc(N3CCNC3=O)n2)n1. The Labute approximate surface area is 160 Å². The zero-order chi connectivity index (χ0) is 18.1. The molecular weight excluding hydrogens is 370 g/mol. The van der Waals surface area contributed by atoms with Crippen molar-refractivity contribution in [2.45, 2.75) is 38.6 Å². The second-order valence-corrected chi connectivity index (χ2v) is 8.33. The highest BCUT2D eigenvalue weighted by atomic mass is 32.1.